The Kier molecular flexibility index (Phi) is 4.22. The van der Waals surface area contributed by atoms with Crippen LogP contribution in [0.25, 0.3) is 0 Å². The third-order valence-corrected chi connectivity index (χ3v) is 6.00. The third kappa shape index (κ3) is 3.69. The lowest BCUT2D eigenvalue weighted by atomic mass is 9.81. The fourth-order valence-corrected chi connectivity index (χ4v) is 3.38. The first-order chi connectivity index (χ1) is 7.65. The largest absolute Gasteiger partial charge is 0.398 e. The smallest absolute Gasteiger partial charge is 0.250 e. The lowest BCUT2D eigenvalue weighted by molar-refractivity contribution is 0.252. The zero-order chi connectivity index (χ0) is 13.3. The van der Waals surface area contributed by atoms with E-state index in [1.165, 1.54) is 6.07 Å². The van der Waals surface area contributed by atoms with E-state index in [-0.39, 0.29) is 9.62 Å². The van der Waals surface area contributed by atoms with Gasteiger partial charge >= 0.3 is 0 Å². The van der Waals surface area contributed by atoms with Gasteiger partial charge in [-0.2, -0.15) is 0 Å². The molecule has 0 aliphatic carbocycles. The maximum Gasteiger partial charge on any atom is 0.250 e. The molecule has 98 valence electrons. The van der Waals surface area contributed by atoms with Crippen LogP contribution in [-0.4, -0.2) is 15.0 Å². The van der Waals surface area contributed by atoms with Crippen molar-refractivity contribution >= 4 is 27.0 Å². The summed E-state index contributed by atoms with van der Waals surface area (Å²) < 4.78 is 26.8. The summed E-state index contributed by atoms with van der Waals surface area (Å²) in [7, 11) is -3.42. The number of nitrogen functional groups attached to an aromatic ring is 1. The standard InChI is InChI=1S/C11H20N2O2S2/c1-8(2)11(3,4)7-13-17(14,15)10-5-9(12)6-16-10/h5-6,8,13H,7,12H2,1-4H3. The van der Waals surface area contributed by atoms with E-state index in [1.54, 1.807) is 5.38 Å². The maximum atomic E-state index is 12.0. The van der Waals surface area contributed by atoms with Gasteiger partial charge in [0.25, 0.3) is 0 Å². The van der Waals surface area contributed by atoms with E-state index in [0.29, 0.717) is 18.2 Å². The van der Waals surface area contributed by atoms with Gasteiger partial charge in [0.05, 0.1) is 0 Å². The van der Waals surface area contributed by atoms with Crippen LogP contribution in [0.1, 0.15) is 27.7 Å². The molecule has 0 bridgehead atoms. The number of hydrogen-bond acceptors (Lipinski definition) is 4. The number of thiophene rings is 1. The van der Waals surface area contributed by atoms with Gasteiger partial charge in [0, 0.05) is 17.6 Å². The Morgan fingerprint density at radius 1 is 1.47 bits per heavy atom. The van der Waals surface area contributed by atoms with Crippen molar-refractivity contribution in [2.45, 2.75) is 31.9 Å². The summed E-state index contributed by atoms with van der Waals surface area (Å²) in [6, 6.07) is 1.48. The summed E-state index contributed by atoms with van der Waals surface area (Å²) in [6.07, 6.45) is 0. The predicted octanol–water partition coefficient (Wildman–Crippen LogP) is 2.29. The topological polar surface area (TPSA) is 72.2 Å². The first-order valence-corrected chi connectivity index (χ1v) is 7.85. The summed E-state index contributed by atoms with van der Waals surface area (Å²) in [5.74, 6) is 0.401. The molecule has 1 aromatic heterocycles. The summed E-state index contributed by atoms with van der Waals surface area (Å²) >= 11 is 1.14. The Morgan fingerprint density at radius 3 is 2.47 bits per heavy atom. The SMILES string of the molecule is CC(C)C(C)(C)CNS(=O)(=O)c1cc(N)cs1. The van der Waals surface area contributed by atoms with Crippen molar-refractivity contribution in [2.24, 2.45) is 11.3 Å². The van der Waals surface area contributed by atoms with Crippen LogP contribution >= 0.6 is 11.3 Å². The minimum atomic E-state index is -3.42. The molecule has 0 radical (unpaired) electrons. The van der Waals surface area contributed by atoms with Crippen LogP contribution in [0.2, 0.25) is 0 Å². The summed E-state index contributed by atoms with van der Waals surface area (Å²) in [4.78, 5) is 0. The fraction of sp³-hybridized carbons (Fsp3) is 0.636. The first kappa shape index (κ1) is 14.5. The molecule has 1 heterocycles. The zero-order valence-corrected chi connectivity index (χ0v) is 12.3. The van der Waals surface area contributed by atoms with E-state index in [9.17, 15) is 8.42 Å². The second kappa shape index (κ2) is 4.96. The van der Waals surface area contributed by atoms with Gasteiger partial charge in [-0.15, -0.1) is 11.3 Å². The molecule has 0 atom stereocenters. The molecule has 0 amide bonds. The molecule has 0 aliphatic rings. The normalized spacial score (nSPS) is 13.2. The summed E-state index contributed by atoms with van der Waals surface area (Å²) in [5.41, 5.74) is 5.93. The van der Waals surface area contributed by atoms with E-state index in [2.05, 4.69) is 18.6 Å². The molecule has 6 heteroatoms. The Morgan fingerprint density at radius 2 is 2.06 bits per heavy atom. The van der Waals surface area contributed by atoms with Gasteiger partial charge in [0.2, 0.25) is 10.0 Å². The van der Waals surface area contributed by atoms with Crippen molar-refractivity contribution in [3.8, 4) is 0 Å². The number of rotatable bonds is 5. The van der Waals surface area contributed by atoms with Gasteiger partial charge in [0.15, 0.2) is 0 Å². The van der Waals surface area contributed by atoms with Crippen LogP contribution < -0.4 is 10.5 Å². The van der Waals surface area contributed by atoms with E-state index in [4.69, 9.17) is 5.73 Å². The lowest BCUT2D eigenvalue weighted by Crippen LogP contribution is -2.36. The average molecular weight is 276 g/mol. The van der Waals surface area contributed by atoms with Crippen LogP contribution in [0.3, 0.4) is 0 Å². The minimum absolute atomic E-state index is 0.0735. The number of nitrogens with two attached hydrogens (primary N) is 1. The number of nitrogens with one attached hydrogen (secondary N) is 1. The molecule has 4 nitrogen and oxygen atoms in total. The van der Waals surface area contributed by atoms with E-state index < -0.39 is 10.0 Å². The van der Waals surface area contributed by atoms with Gasteiger partial charge in [-0.1, -0.05) is 27.7 Å². The molecule has 1 rings (SSSR count). The quantitative estimate of drug-likeness (QED) is 0.866. The number of sulfonamides is 1. The number of anilines is 1. The van der Waals surface area contributed by atoms with Gasteiger partial charge in [-0.3, -0.25) is 0 Å². The van der Waals surface area contributed by atoms with Crippen LogP contribution in [0.5, 0.6) is 0 Å². The van der Waals surface area contributed by atoms with Gasteiger partial charge < -0.3 is 5.73 Å². The summed E-state index contributed by atoms with van der Waals surface area (Å²) in [6.45, 7) is 8.67. The molecule has 0 saturated heterocycles. The molecular formula is C11H20N2O2S2. The van der Waals surface area contributed by atoms with Crippen molar-refractivity contribution in [3.63, 3.8) is 0 Å². The lowest BCUT2D eigenvalue weighted by Gasteiger charge is -2.29. The molecule has 0 aromatic carbocycles. The van der Waals surface area contributed by atoms with E-state index >= 15 is 0 Å². The first-order valence-electron chi connectivity index (χ1n) is 5.49. The van der Waals surface area contributed by atoms with Crippen molar-refractivity contribution in [1.82, 2.24) is 4.72 Å². The van der Waals surface area contributed by atoms with E-state index in [1.807, 2.05) is 13.8 Å². The third-order valence-electron chi connectivity index (χ3n) is 3.14. The second-order valence-corrected chi connectivity index (χ2v) is 8.07. The maximum absolute atomic E-state index is 12.0. The highest BCUT2D eigenvalue weighted by Gasteiger charge is 2.25. The van der Waals surface area contributed by atoms with Crippen molar-refractivity contribution in [2.75, 3.05) is 12.3 Å². The predicted molar refractivity (Wildman–Crippen MR) is 72.5 cm³/mol. The van der Waals surface area contributed by atoms with Crippen molar-refractivity contribution in [3.05, 3.63) is 11.4 Å². The highest BCUT2D eigenvalue weighted by Crippen LogP contribution is 2.26. The number of hydrogen-bond donors (Lipinski definition) is 2. The summed E-state index contributed by atoms with van der Waals surface area (Å²) in [5, 5.41) is 1.63. The molecule has 0 unspecified atom stereocenters. The molecule has 0 aliphatic heterocycles. The Balaban J connectivity index is 2.76. The molecule has 0 fully saturated rings. The molecule has 0 saturated carbocycles. The molecular weight excluding hydrogens is 256 g/mol. The van der Waals surface area contributed by atoms with Crippen LogP contribution in [0.15, 0.2) is 15.7 Å². The van der Waals surface area contributed by atoms with Crippen LogP contribution in [-0.2, 0) is 10.0 Å². The van der Waals surface area contributed by atoms with Gasteiger partial charge in [-0.25, -0.2) is 13.1 Å². The molecule has 1 aromatic rings. The van der Waals surface area contributed by atoms with Crippen molar-refractivity contribution < 1.29 is 8.42 Å². The molecule has 17 heavy (non-hydrogen) atoms. The van der Waals surface area contributed by atoms with Crippen LogP contribution in [0, 0.1) is 11.3 Å². The molecule has 0 spiro atoms. The monoisotopic (exact) mass is 276 g/mol. The Hall–Kier alpha value is -0.590. The average Bonchev–Trinajstić information content (AvgIpc) is 2.63. The van der Waals surface area contributed by atoms with Crippen LogP contribution in [0.4, 0.5) is 5.69 Å². The highest BCUT2D eigenvalue weighted by molar-refractivity contribution is 7.91. The highest BCUT2D eigenvalue weighted by atomic mass is 32.2. The Bertz CT molecular complexity index is 475. The minimum Gasteiger partial charge on any atom is -0.398 e. The van der Waals surface area contributed by atoms with Gasteiger partial charge in [0.1, 0.15) is 4.21 Å². The second-order valence-electron chi connectivity index (χ2n) is 5.17. The van der Waals surface area contributed by atoms with Gasteiger partial charge in [-0.05, 0) is 17.4 Å². The van der Waals surface area contributed by atoms with Crippen molar-refractivity contribution in [1.29, 1.82) is 0 Å². The molecule has 3 N–H and O–H groups in total. The Labute approximate surface area is 107 Å². The zero-order valence-electron chi connectivity index (χ0n) is 10.6. The fourth-order valence-electron chi connectivity index (χ4n) is 1.03. The van der Waals surface area contributed by atoms with E-state index in [0.717, 1.165) is 11.3 Å².